The van der Waals surface area contributed by atoms with E-state index in [1.54, 1.807) is 54.3 Å². The first kappa shape index (κ1) is 29.3. The molecule has 0 aliphatic heterocycles. The number of pyridine rings is 1. The number of carbonyl (C=O) groups excluding carboxylic acids is 1. The van der Waals surface area contributed by atoms with Crippen molar-refractivity contribution in [3.05, 3.63) is 112 Å². The Labute approximate surface area is 236 Å². The maximum Gasteiger partial charge on any atom is 0.416 e. The molecule has 0 spiro atoms. The molecule has 2 N–H and O–H groups in total. The fourth-order valence-corrected chi connectivity index (χ4v) is 4.60. The lowest BCUT2D eigenvalue weighted by Gasteiger charge is -2.21. The highest BCUT2D eigenvalue weighted by Crippen LogP contribution is 2.32. The average Bonchev–Trinajstić information content (AvgIpc) is 3.33. The van der Waals surface area contributed by atoms with Crippen molar-refractivity contribution in [3.8, 4) is 5.69 Å². The van der Waals surface area contributed by atoms with E-state index in [9.17, 15) is 18.0 Å². The van der Waals surface area contributed by atoms with Crippen molar-refractivity contribution in [2.75, 3.05) is 6.54 Å². The van der Waals surface area contributed by atoms with Gasteiger partial charge in [-0.1, -0.05) is 36.6 Å². The Morgan fingerprint density at radius 1 is 1.02 bits per heavy atom. The van der Waals surface area contributed by atoms with E-state index in [0.29, 0.717) is 28.3 Å². The van der Waals surface area contributed by atoms with E-state index in [0.717, 1.165) is 55.7 Å². The van der Waals surface area contributed by atoms with Gasteiger partial charge in [-0.2, -0.15) is 18.3 Å². The standard InChI is InChI=1S/C30H31ClF3N5O/c1-21-27(20-37-39(21)26-11-9-25(31)10-12-26)29(40)38-28(23-6-5-7-24(18-23)30(32,33)34)8-3-2-4-15-36-19-22-13-16-35-17-14-22/h5-7,9-14,16-18,20,28,36H,2-4,8,15,19H2,1H3,(H,38,40)/t28-/m0/s1. The molecule has 1 amide bonds. The van der Waals surface area contributed by atoms with Crippen LogP contribution in [0.4, 0.5) is 13.2 Å². The first-order valence-corrected chi connectivity index (χ1v) is 13.5. The molecule has 0 saturated heterocycles. The van der Waals surface area contributed by atoms with Gasteiger partial charge in [-0.15, -0.1) is 0 Å². The van der Waals surface area contributed by atoms with Crippen molar-refractivity contribution in [1.29, 1.82) is 0 Å². The van der Waals surface area contributed by atoms with E-state index in [1.165, 1.54) is 12.3 Å². The number of carbonyl (C=O) groups is 1. The molecule has 40 heavy (non-hydrogen) atoms. The van der Waals surface area contributed by atoms with Crippen LogP contribution in [-0.2, 0) is 12.7 Å². The van der Waals surface area contributed by atoms with Crippen LogP contribution in [0, 0.1) is 6.92 Å². The van der Waals surface area contributed by atoms with Gasteiger partial charge in [0.25, 0.3) is 5.91 Å². The summed E-state index contributed by atoms with van der Waals surface area (Å²) in [6.45, 7) is 3.33. The van der Waals surface area contributed by atoms with E-state index < -0.39 is 17.8 Å². The zero-order chi connectivity index (χ0) is 28.5. The normalized spacial score (nSPS) is 12.3. The molecule has 0 radical (unpaired) electrons. The second-order valence-electron chi connectivity index (χ2n) is 9.56. The Morgan fingerprint density at radius 2 is 1.77 bits per heavy atom. The molecule has 0 fully saturated rings. The van der Waals surface area contributed by atoms with E-state index in [4.69, 9.17) is 11.6 Å². The van der Waals surface area contributed by atoms with Gasteiger partial charge >= 0.3 is 6.18 Å². The summed E-state index contributed by atoms with van der Waals surface area (Å²) in [5.74, 6) is -0.390. The Balaban J connectivity index is 1.41. The number of hydrogen-bond donors (Lipinski definition) is 2. The van der Waals surface area contributed by atoms with Crippen molar-refractivity contribution in [1.82, 2.24) is 25.4 Å². The Bertz CT molecular complexity index is 1390. The zero-order valence-corrected chi connectivity index (χ0v) is 22.8. The first-order chi connectivity index (χ1) is 19.2. The molecule has 0 unspecified atom stereocenters. The minimum absolute atomic E-state index is 0.354. The summed E-state index contributed by atoms with van der Waals surface area (Å²) < 4.78 is 41.9. The molecule has 2 aromatic heterocycles. The highest BCUT2D eigenvalue weighted by molar-refractivity contribution is 6.30. The molecule has 210 valence electrons. The van der Waals surface area contributed by atoms with Gasteiger partial charge in [0.15, 0.2) is 0 Å². The Hall–Kier alpha value is -3.69. The van der Waals surface area contributed by atoms with Crippen LogP contribution in [-0.4, -0.2) is 27.2 Å². The summed E-state index contributed by atoms with van der Waals surface area (Å²) in [5.41, 5.74) is 2.54. The minimum Gasteiger partial charge on any atom is -0.345 e. The molecule has 4 rings (SSSR count). The molecule has 0 saturated carbocycles. The number of amides is 1. The van der Waals surface area contributed by atoms with Gasteiger partial charge in [0.1, 0.15) is 0 Å². The zero-order valence-electron chi connectivity index (χ0n) is 22.1. The molecular weight excluding hydrogens is 539 g/mol. The third-order valence-corrected chi connectivity index (χ3v) is 6.92. The SMILES string of the molecule is Cc1c(C(=O)N[C@@H](CCCCCNCc2ccncc2)c2cccc(C(F)(F)F)c2)cnn1-c1ccc(Cl)cc1. The van der Waals surface area contributed by atoms with Gasteiger partial charge in [0.2, 0.25) is 0 Å². The summed E-state index contributed by atoms with van der Waals surface area (Å²) in [6, 6.07) is 15.5. The molecule has 2 heterocycles. The second-order valence-corrected chi connectivity index (χ2v) is 10.00. The van der Waals surface area contributed by atoms with Crippen LogP contribution in [0.15, 0.2) is 79.3 Å². The van der Waals surface area contributed by atoms with Crippen LogP contribution in [0.5, 0.6) is 0 Å². The lowest BCUT2D eigenvalue weighted by molar-refractivity contribution is -0.137. The fourth-order valence-electron chi connectivity index (χ4n) is 4.47. The minimum atomic E-state index is -4.47. The van der Waals surface area contributed by atoms with E-state index in [2.05, 4.69) is 20.7 Å². The Morgan fingerprint density at radius 3 is 2.50 bits per heavy atom. The second kappa shape index (κ2) is 13.6. The molecule has 0 bridgehead atoms. The molecule has 1 atom stereocenters. The quantitative estimate of drug-likeness (QED) is 0.179. The number of benzene rings is 2. The van der Waals surface area contributed by atoms with Crippen LogP contribution in [0.1, 0.15) is 64.5 Å². The van der Waals surface area contributed by atoms with Crippen molar-refractivity contribution in [3.63, 3.8) is 0 Å². The van der Waals surface area contributed by atoms with E-state index >= 15 is 0 Å². The summed E-state index contributed by atoms with van der Waals surface area (Å²) in [7, 11) is 0. The van der Waals surface area contributed by atoms with Crippen molar-refractivity contribution < 1.29 is 18.0 Å². The number of nitrogens with zero attached hydrogens (tertiary/aromatic N) is 3. The van der Waals surface area contributed by atoms with E-state index in [1.807, 2.05) is 12.1 Å². The smallest absolute Gasteiger partial charge is 0.345 e. The first-order valence-electron chi connectivity index (χ1n) is 13.1. The lowest BCUT2D eigenvalue weighted by atomic mass is 9.98. The van der Waals surface area contributed by atoms with Crippen molar-refractivity contribution in [2.24, 2.45) is 0 Å². The lowest BCUT2D eigenvalue weighted by Crippen LogP contribution is -2.29. The van der Waals surface area contributed by atoms with Crippen LogP contribution in [0.3, 0.4) is 0 Å². The molecular formula is C30H31ClF3N5O. The number of alkyl halides is 3. The number of nitrogens with one attached hydrogen (secondary N) is 2. The van der Waals surface area contributed by atoms with Crippen molar-refractivity contribution >= 4 is 17.5 Å². The fraction of sp³-hybridized carbons (Fsp3) is 0.300. The highest BCUT2D eigenvalue weighted by Gasteiger charge is 2.31. The number of halogens is 4. The molecule has 0 aliphatic carbocycles. The molecule has 6 nitrogen and oxygen atoms in total. The predicted octanol–water partition coefficient (Wildman–Crippen LogP) is 7.07. The monoisotopic (exact) mass is 569 g/mol. The third-order valence-electron chi connectivity index (χ3n) is 6.67. The third kappa shape index (κ3) is 7.92. The molecule has 0 aliphatic rings. The number of unbranched alkanes of at least 4 members (excludes halogenated alkanes) is 2. The van der Waals surface area contributed by atoms with Crippen LogP contribution >= 0.6 is 11.6 Å². The Kier molecular flexibility index (Phi) is 9.95. The van der Waals surface area contributed by atoms with Gasteiger partial charge in [-0.05, 0) is 86.0 Å². The average molecular weight is 570 g/mol. The van der Waals surface area contributed by atoms with Gasteiger partial charge in [0, 0.05) is 24.0 Å². The number of aromatic nitrogens is 3. The van der Waals surface area contributed by atoms with Crippen LogP contribution in [0.25, 0.3) is 5.69 Å². The predicted molar refractivity (Wildman–Crippen MR) is 149 cm³/mol. The highest BCUT2D eigenvalue weighted by atomic mass is 35.5. The van der Waals surface area contributed by atoms with Crippen molar-refractivity contribution in [2.45, 2.75) is 51.4 Å². The number of hydrogen-bond acceptors (Lipinski definition) is 4. The molecule has 2 aromatic carbocycles. The maximum atomic E-state index is 13.4. The number of rotatable bonds is 12. The van der Waals surface area contributed by atoms with Gasteiger partial charge in [0.05, 0.1) is 34.7 Å². The van der Waals surface area contributed by atoms with Gasteiger partial charge < -0.3 is 10.6 Å². The summed E-state index contributed by atoms with van der Waals surface area (Å²) >= 11 is 5.98. The summed E-state index contributed by atoms with van der Waals surface area (Å²) in [4.78, 5) is 17.3. The van der Waals surface area contributed by atoms with Gasteiger partial charge in [-0.25, -0.2) is 4.68 Å². The largest absolute Gasteiger partial charge is 0.416 e. The van der Waals surface area contributed by atoms with Crippen LogP contribution in [0.2, 0.25) is 5.02 Å². The van der Waals surface area contributed by atoms with Gasteiger partial charge in [-0.3, -0.25) is 9.78 Å². The molecule has 4 aromatic rings. The van der Waals surface area contributed by atoms with E-state index in [-0.39, 0.29) is 5.91 Å². The molecule has 10 heteroatoms. The summed E-state index contributed by atoms with van der Waals surface area (Å²) in [5, 5.41) is 11.3. The van der Waals surface area contributed by atoms with Crippen LogP contribution < -0.4 is 10.6 Å². The maximum absolute atomic E-state index is 13.4. The topological polar surface area (TPSA) is 71.8 Å². The summed E-state index contributed by atoms with van der Waals surface area (Å²) in [6.07, 6.45) is 3.51.